The van der Waals surface area contributed by atoms with E-state index in [1.54, 1.807) is 42.2 Å². The fourth-order valence-corrected chi connectivity index (χ4v) is 4.13. The first-order valence-corrected chi connectivity index (χ1v) is 11.3. The molecule has 1 aliphatic heterocycles. The van der Waals surface area contributed by atoms with E-state index in [1.165, 1.54) is 25.0 Å². The zero-order valence-corrected chi connectivity index (χ0v) is 18.8. The Morgan fingerprint density at radius 2 is 2.03 bits per heavy atom. The number of hydrogen-bond acceptors (Lipinski definition) is 7. The first kappa shape index (κ1) is 22.1. The second kappa shape index (κ2) is 9.68. The molecule has 1 aromatic carbocycles. The monoisotopic (exact) mass is 467 g/mol. The van der Waals surface area contributed by atoms with Gasteiger partial charge in [0, 0.05) is 38.1 Å². The third-order valence-electron chi connectivity index (χ3n) is 5.89. The van der Waals surface area contributed by atoms with Crippen LogP contribution in [0.4, 0.5) is 14.6 Å². The van der Waals surface area contributed by atoms with Crippen molar-refractivity contribution in [3.8, 4) is 17.3 Å². The lowest BCUT2D eigenvalue weighted by Crippen LogP contribution is -2.25. The van der Waals surface area contributed by atoms with Gasteiger partial charge in [-0.05, 0) is 45.0 Å². The van der Waals surface area contributed by atoms with Crippen LogP contribution in [0.25, 0.3) is 16.9 Å². The molecule has 0 spiro atoms. The van der Waals surface area contributed by atoms with Crippen LogP contribution in [0.15, 0.2) is 48.9 Å². The van der Waals surface area contributed by atoms with Gasteiger partial charge in [-0.15, -0.1) is 0 Å². The molecular weight excluding hydrogens is 440 g/mol. The molecule has 8 nitrogen and oxygen atoms in total. The van der Waals surface area contributed by atoms with Gasteiger partial charge in [0.15, 0.2) is 5.65 Å². The van der Waals surface area contributed by atoms with Crippen molar-refractivity contribution in [1.29, 1.82) is 0 Å². The molecule has 4 heterocycles. The highest BCUT2D eigenvalue weighted by atomic mass is 19.1. The lowest BCUT2D eigenvalue weighted by atomic mass is 10.1. The molecule has 34 heavy (non-hydrogen) atoms. The number of nitrogens with one attached hydrogen (secondary N) is 1. The molecule has 10 heteroatoms. The van der Waals surface area contributed by atoms with Crippen molar-refractivity contribution in [1.82, 2.24) is 29.5 Å². The molecule has 0 radical (unpaired) electrons. The Hall–Kier alpha value is -3.66. The van der Waals surface area contributed by atoms with Crippen molar-refractivity contribution in [2.45, 2.75) is 25.8 Å². The summed E-state index contributed by atoms with van der Waals surface area (Å²) in [6.45, 7) is 5.19. The third kappa shape index (κ3) is 4.81. The van der Waals surface area contributed by atoms with Crippen molar-refractivity contribution in [3.63, 3.8) is 0 Å². The van der Waals surface area contributed by atoms with E-state index in [4.69, 9.17) is 4.74 Å². The summed E-state index contributed by atoms with van der Waals surface area (Å²) < 4.78 is 35.2. The number of hydrogen-bond donors (Lipinski definition) is 1. The van der Waals surface area contributed by atoms with Crippen LogP contribution in [0.2, 0.25) is 0 Å². The third-order valence-corrected chi connectivity index (χ3v) is 5.89. The van der Waals surface area contributed by atoms with E-state index < -0.39 is 17.7 Å². The smallest absolute Gasteiger partial charge is 0.318 e. The number of rotatable bonds is 8. The summed E-state index contributed by atoms with van der Waals surface area (Å²) in [7, 11) is 0. The highest BCUT2D eigenvalue weighted by Crippen LogP contribution is 2.28. The maximum absolute atomic E-state index is 14.3. The van der Waals surface area contributed by atoms with Crippen LogP contribution in [-0.2, 0) is 0 Å². The SMILES string of the molecule is C[C@H](Nc1cc(-c2cnn3cccnc23)nc(OCCN2CCCC2)n1)c1ccc(F)cc1F.[HH]. The number of nitrogens with zero attached hydrogens (tertiary/aromatic N) is 6. The fourth-order valence-electron chi connectivity index (χ4n) is 4.13. The van der Waals surface area contributed by atoms with E-state index in [-0.39, 0.29) is 7.44 Å². The Labute approximate surface area is 197 Å². The number of benzene rings is 1. The number of anilines is 1. The summed E-state index contributed by atoms with van der Waals surface area (Å²) in [4.78, 5) is 15.8. The second-order valence-electron chi connectivity index (χ2n) is 8.30. The Kier molecular flexibility index (Phi) is 6.31. The highest BCUT2D eigenvalue weighted by Gasteiger charge is 2.17. The Morgan fingerprint density at radius 1 is 1.18 bits per heavy atom. The minimum atomic E-state index is -0.622. The first-order valence-electron chi connectivity index (χ1n) is 11.3. The quantitative estimate of drug-likeness (QED) is 0.412. The van der Waals surface area contributed by atoms with Gasteiger partial charge in [-0.3, -0.25) is 4.90 Å². The highest BCUT2D eigenvalue weighted by molar-refractivity contribution is 5.75. The predicted molar refractivity (Wildman–Crippen MR) is 126 cm³/mol. The van der Waals surface area contributed by atoms with Gasteiger partial charge < -0.3 is 10.1 Å². The van der Waals surface area contributed by atoms with Gasteiger partial charge in [-0.25, -0.2) is 18.3 Å². The van der Waals surface area contributed by atoms with E-state index in [1.807, 2.05) is 0 Å². The Bertz CT molecular complexity index is 1300. The van der Waals surface area contributed by atoms with Crippen LogP contribution in [0.5, 0.6) is 6.01 Å². The summed E-state index contributed by atoms with van der Waals surface area (Å²) in [5.74, 6) is -0.789. The van der Waals surface area contributed by atoms with Crippen LogP contribution in [0.3, 0.4) is 0 Å². The molecule has 1 saturated heterocycles. The van der Waals surface area contributed by atoms with E-state index >= 15 is 0 Å². The van der Waals surface area contributed by atoms with Crippen LogP contribution in [-0.4, -0.2) is 55.7 Å². The molecule has 1 N–H and O–H groups in total. The van der Waals surface area contributed by atoms with E-state index in [9.17, 15) is 8.78 Å². The number of ether oxygens (including phenoxy) is 1. The molecule has 0 saturated carbocycles. The molecule has 4 aromatic rings. The standard InChI is InChI=1S/C24H25F2N7O.H2/c1-16(18-6-5-17(25)13-20(18)26)29-22-14-21(19-15-28-33-10-4-7-27-23(19)33)30-24(31-22)34-12-11-32-8-2-3-9-32;/h4-7,10,13-16H,2-3,8-9,11-12H2,1H3,(H,29,30,31);1H/t16-;/m0./s1. The molecule has 3 aromatic heterocycles. The van der Waals surface area contributed by atoms with Gasteiger partial charge in [0.2, 0.25) is 0 Å². The number of aromatic nitrogens is 5. The molecule has 0 aliphatic carbocycles. The lowest BCUT2D eigenvalue weighted by molar-refractivity contribution is 0.226. The maximum atomic E-state index is 14.3. The Balaban J connectivity index is 0.00000289. The Morgan fingerprint density at radius 3 is 2.85 bits per heavy atom. The summed E-state index contributed by atoms with van der Waals surface area (Å²) in [6.07, 6.45) is 7.59. The van der Waals surface area contributed by atoms with Crippen LogP contribution < -0.4 is 10.1 Å². The van der Waals surface area contributed by atoms with Crippen LogP contribution >= 0.6 is 0 Å². The van der Waals surface area contributed by atoms with Gasteiger partial charge in [-0.2, -0.15) is 15.1 Å². The van der Waals surface area contributed by atoms with Gasteiger partial charge >= 0.3 is 6.01 Å². The van der Waals surface area contributed by atoms with E-state index in [2.05, 4.69) is 30.3 Å². The van der Waals surface area contributed by atoms with Crippen molar-refractivity contribution < 1.29 is 14.9 Å². The molecular formula is C24H27F2N7O. The van der Waals surface area contributed by atoms with Gasteiger partial charge in [-0.1, -0.05) is 6.07 Å². The van der Waals surface area contributed by atoms with Crippen molar-refractivity contribution in [2.24, 2.45) is 0 Å². The van der Waals surface area contributed by atoms with Crippen LogP contribution in [0.1, 0.15) is 32.8 Å². The van der Waals surface area contributed by atoms with Crippen molar-refractivity contribution in [2.75, 3.05) is 31.6 Å². The average Bonchev–Trinajstić information content (AvgIpc) is 3.49. The largest absolute Gasteiger partial charge is 0.462 e. The van der Waals surface area contributed by atoms with Gasteiger partial charge in [0.1, 0.15) is 24.1 Å². The summed E-state index contributed by atoms with van der Waals surface area (Å²) in [6, 6.07) is 6.81. The lowest BCUT2D eigenvalue weighted by Gasteiger charge is -2.18. The maximum Gasteiger partial charge on any atom is 0.318 e. The molecule has 5 rings (SSSR count). The predicted octanol–water partition coefficient (Wildman–Crippen LogP) is 4.36. The number of halogens is 2. The molecule has 178 valence electrons. The normalized spacial score (nSPS) is 15.0. The van der Waals surface area contributed by atoms with Crippen molar-refractivity contribution in [3.05, 3.63) is 66.1 Å². The van der Waals surface area contributed by atoms with Crippen molar-refractivity contribution >= 4 is 11.5 Å². The van der Waals surface area contributed by atoms with Gasteiger partial charge in [0.05, 0.1) is 23.5 Å². The fraction of sp³-hybridized carbons (Fsp3) is 0.333. The molecule has 0 amide bonds. The number of fused-ring (bicyclic) bond motifs is 1. The zero-order valence-electron chi connectivity index (χ0n) is 18.8. The molecule has 0 unspecified atom stereocenters. The molecule has 1 atom stereocenters. The first-order chi connectivity index (χ1) is 16.6. The molecule has 1 aliphatic rings. The summed E-state index contributed by atoms with van der Waals surface area (Å²) >= 11 is 0. The summed E-state index contributed by atoms with van der Waals surface area (Å²) in [5.41, 5.74) is 2.27. The second-order valence-corrected chi connectivity index (χ2v) is 8.30. The number of likely N-dealkylation sites (tertiary alicyclic amines) is 1. The zero-order chi connectivity index (χ0) is 23.5. The molecule has 1 fully saturated rings. The van der Waals surface area contributed by atoms with E-state index in [0.29, 0.717) is 29.3 Å². The van der Waals surface area contributed by atoms with E-state index in [0.717, 1.165) is 31.3 Å². The average molecular weight is 468 g/mol. The minimum Gasteiger partial charge on any atom is -0.462 e. The van der Waals surface area contributed by atoms with Crippen LogP contribution in [0, 0.1) is 11.6 Å². The summed E-state index contributed by atoms with van der Waals surface area (Å²) in [5, 5.41) is 7.53. The van der Waals surface area contributed by atoms with Gasteiger partial charge in [0.25, 0.3) is 0 Å². The molecule has 0 bridgehead atoms. The topological polar surface area (TPSA) is 80.5 Å². The minimum absolute atomic E-state index is 0.